The number of aliphatic hydroxyl groups excluding tert-OH is 1. The molecular weight excluding hydrogens is 183 g/mol. The molecule has 2 atom stereocenters. The molecule has 0 radical (unpaired) electrons. The van der Waals surface area contributed by atoms with Gasteiger partial charge in [0.05, 0.1) is 6.10 Å². The average molecular weight is 197 g/mol. The van der Waals surface area contributed by atoms with Crippen molar-refractivity contribution in [2.45, 2.75) is 19.0 Å². The van der Waals surface area contributed by atoms with Gasteiger partial charge in [0.1, 0.15) is 6.67 Å². The first-order valence-electron chi connectivity index (χ1n) is 4.38. The van der Waals surface area contributed by atoms with Crippen LogP contribution in [0.2, 0.25) is 0 Å². The van der Waals surface area contributed by atoms with Gasteiger partial charge < -0.3 is 10.0 Å². The zero-order chi connectivity index (χ0) is 9.84. The minimum Gasteiger partial charge on any atom is -0.389 e. The highest BCUT2D eigenvalue weighted by molar-refractivity contribution is 4.78. The summed E-state index contributed by atoms with van der Waals surface area (Å²) in [6.07, 6.45) is -2.89. The Labute approximate surface area is 75.3 Å². The molecule has 1 aliphatic rings. The van der Waals surface area contributed by atoms with Crippen LogP contribution >= 0.6 is 0 Å². The highest BCUT2D eigenvalue weighted by Crippen LogP contribution is 2.22. The molecule has 1 N–H and O–H groups in total. The van der Waals surface area contributed by atoms with Crippen molar-refractivity contribution in [3.63, 3.8) is 0 Å². The number of halogens is 3. The molecule has 0 amide bonds. The van der Waals surface area contributed by atoms with Crippen LogP contribution in [0.25, 0.3) is 0 Å². The number of rotatable bonds is 4. The Hall–Kier alpha value is -0.290. The summed E-state index contributed by atoms with van der Waals surface area (Å²) in [6.45, 7) is 0.163. The fraction of sp³-hybridized carbons (Fsp3) is 1.00. The number of hydrogen-bond acceptors (Lipinski definition) is 2. The van der Waals surface area contributed by atoms with Crippen LogP contribution in [0.5, 0.6) is 0 Å². The van der Waals surface area contributed by atoms with Crippen LogP contribution in [0.3, 0.4) is 0 Å². The van der Waals surface area contributed by atoms with E-state index >= 15 is 0 Å². The highest BCUT2D eigenvalue weighted by Gasteiger charge is 2.30. The lowest BCUT2D eigenvalue weighted by molar-refractivity contribution is 0.0684. The average Bonchev–Trinajstić information content (AvgIpc) is 2.52. The third-order valence-corrected chi connectivity index (χ3v) is 2.31. The van der Waals surface area contributed by atoms with Crippen LogP contribution < -0.4 is 0 Å². The Balaban J connectivity index is 2.25. The topological polar surface area (TPSA) is 23.5 Å². The molecule has 0 aromatic rings. The summed E-state index contributed by atoms with van der Waals surface area (Å²) in [7, 11) is 0. The zero-order valence-electron chi connectivity index (χ0n) is 7.30. The Morgan fingerprint density at radius 1 is 1.46 bits per heavy atom. The summed E-state index contributed by atoms with van der Waals surface area (Å²) < 4.78 is 36.2. The number of likely N-dealkylation sites (tertiary alicyclic amines) is 1. The van der Waals surface area contributed by atoms with E-state index in [2.05, 4.69) is 0 Å². The van der Waals surface area contributed by atoms with Crippen molar-refractivity contribution in [3.8, 4) is 0 Å². The first kappa shape index (κ1) is 10.8. The predicted octanol–water partition coefficient (Wildman–Crippen LogP) is 0.904. The van der Waals surface area contributed by atoms with E-state index in [0.717, 1.165) is 0 Å². The van der Waals surface area contributed by atoms with Gasteiger partial charge in [-0.3, -0.25) is 0 Å². The van der Waals surface area contributed by atoms with Gasteiger partial charge in [0.25, 0.3) is 0 Å². The Bertz CT molecular complexity index is 156. The molecule has 0 spiro atoms. The molecule has 1 rings (SSSR count). The van der Waals surface area contributed by atoms with Gasteiger partial charge in [0.15, 0.2) is 0 Å². The molecule has 5 heteroatoms. The predicted molar refractivity (Wildman–Crippen MR) is 42.5 cm³/mol. The van der Waals surface area contributed by atoms with Crippen molar-refractivity contribution < 1.29 is 18.3 Å². The van der Waals surface area contributed by atoms with E-state index in [9.17, 15) is 13.2 Å². The summed E-state index contributed by atoms with van der Waals surface area (Å²) in [5, 5.41) is 8.94. The molecule has 1 fully saturated rings. The Kier molecular flexibility index (Phi) is 3.99. The van der Waals surface area contributed by atoms with E-state index in [1.54, 1.807) is 4.90 Å². The van der Waals surface area contributed by atoms with Crippen molar-refractivity contribution in [2.24, 2.45) is 5.92 Å². The molecule has 1 aliphatic heterocycles. The summed E-state index contributed by atoms with van der Waals surface area (Å²) >= 11 is 0. The van der Waals surface area contributed by atoms with E-state index in [1.807, 2.05) is 0 Å². The van der Waals surface area contributed by atoms with Crippen LogP contribution in [0.4, 0.5) is 13.2 Å². The Morgan fingerprint density at radius 3 is 2.62 bits per heavy atom. The molecule has 0 aromatic carbocycles. The molecule has 1 heterocycles. The van der Waals surface area contributed by atoms with Gasteiger partial charge in [-0.2, -0.15) is 0 Å². The number of alkyl halides is 3. The SMILES string of the molecule is OC(CF)CN1CCC(C(F)F)C1. The number of β-amino-alcohol motifs (C(OH)–C–C–N with tert-alkyl or cyclic N) is 1. The summed E-state index contributed by atoms with van der Waals surface area (Å²) in [6, 6.07) is 0. The molecule has 0 aromatic heterocycles. The smallest absolute Gasteiger partial charge is 0.242 e. The maximum atomic E-state index is 12.2. The van der Waals surface area contributed by atoms with Crippen LogP contribution in [-0.2, 0) is 0 Å². The molecule has 0 aliphatic carbocycles. The van der Waals surface area contributed by atoms with E-state index in [1.165, 1.54) is 0 Å². The monoisotopic (exact) mass is 197 g/mol. The summed E-state index contributed by atoms with van der Waals surface area (Å²) in [5.41, 5.74) is 0. The molecule has 0 bridgehead atoms. The van der Waals surface area contributed by atoms with Gasteiger partial charge in [-0.25, -0.2) is 13.2 Å². The summed E-state index contributed by atoms with van der Waals surface area (Å²) in [5.74, 6) is -0.605. The second kappa shape index (κ2) is 4.81. The van der Waals surface area contributed by atoms with Gasteiger partial charge in [-0.15, -0.1) is 0 Å². The van der Waals surface area contributed by atoms with Crippen LogP contribution in [0.15, 0.2) is 0 Å². The maximum absolute atomic E-state index is 12.2. The minimum atomic E-state index is -2.30. The molecule has 2 unspecified atom stereocenters. The van der Waals surface area contributed by atoms with E-state index < -0.39 is 25.1 Å². The Morgan fingerprint density at radius 2 is 2.15 bits per heavy atom. The van der Waals surface area contributed by atoms with Gasteiger partial charge >= 0.3 is 0 Å². The lowest BCUT2D eigenvalue weighted by atomic mass is 10.1. The number of hydrogen-bond donors (Lipinski definition) is 1. The fourth-order valence-electron chi connectivity index (χ4n) is 1.58. The van der Waals surface area contributed by atoms with E-state index in [-0.39, 0.29) is 13.1 Å². The molecular formula is C8H14F3NO. The largest absolute Gasteiger partial charge is 0.389 e. The third-order valence-electron chi connectivity index (χ3n) is 2.31. The lowest BCUT2D eigenvalue weighted by Crippen LogP contribution is -2.32. The normalized spacial score (nSPS) is 27.0. The van der Waals surface area contributed by atoms with E-state index in [0.29, 0.717) is 13.0 Å². The quantitative estimate of drug-likeness (QED) is 0.724. The van der Waals surface area contributed by atoms with Crippen molar-refractivity contribution in [2.75, 3.05) is 26.3 Å². The van der Waals surface area contributed by atoms with Crippen molar-refractivity contribution in [1.82, 2.24) is 4.90 Å². The van der Waals surface area contributed by atoms with Crippen LogP contribution in [-0.4, -0.2) is 48.8 Å². The van der Waals surface area contributed by atoms with E-state index in [4.69, 9.17) is 5.11 Å². The second-order valence-electron chi connectivity index (χ2n) is 3.45. The fourth-order valence-corrected chi connectivity index (χ4v) is 1.58. The first-order chi connectivity index (χ1) is 6.13. The number of nitrogens with zero attached hydrogens (tertiary/aromatic N) is 1. The van der Waals surface area contributed by atoms with Crippen molar-refractivity contribution in [3.05, 3.63) is 0 Å². The molecule has 78 valence electrons. The molecule has 13 heavy (non-hydrogen) atoms. The summed E-state index contributed by atoms with van der Waals surface area (Å²) in [4.78, 5) is 1.68. The van der Waals surface area contributed by atoms with Gasteiger partial charge in [-0.05, 0) is 13.0 Å². The maximum Gasteiger partial charge on any atom is 0.242 e. The van der Waals surface area contributed by atoms with Crippen LogP contribution in [0.1, 0.15) is 6.42 Å². The standard InChI is InChI=1S/C8H14F3NO/c9-3-7(13)5-12-2-1-6(4-12)8(10)11/h6-8,13H,1-5H2. The van der Waals surface area contributed by atoms with Gasteiger partial charge in [0, 0.05) is 19.0 Å². The first-order valence-corrected chi connectivity index (χ1v) is 4.38. The van der Waals surface area contributed by atoms with Gasteiger partial charge in [-0.1, -0.05) is 0 Å². The number of aliphatic hydroxyl groups is 1. The van der Waals surface area contributed by atoms with Gasteiger partial charge in [0.2, 0.25) is 6.43 Å². The van der Waals surface area contributed by atoms with Crippen molar-refractivity contribution in [1.29, 1.82) is 0 Å². The second-order valence-corrected chi connectivity index (χ2v) is 3.45. The molecule has 2 nitrogen and oxygen atoms in total. The van der Waals surface area contributed by atoms with Crippen molar-refractivity contribution >= 4 is 0 Å². The third kappa shape index (κ3) is 3.15. The lowest BCUT2D eigenvalue weighted by Gasteiger charge is -2.17. The zero-order valence-corrected chi connectivity index (χ0v) is 7.30. The van der Waals surface area contributed by atoms with Crippen LogP contribution in [0, 0.1) is 5.92 Å². The highest BCUT2D eigenvalue weighted by atomic mass is 19.3. The molecule has 0 saturated carbocycles. The minimum absolute atomic E-state index is 0.166. The molecule has 1 saturated heterocycles.